The number of thiophene rings is 1. The Morgan fingerprint density at radius 2 is 2.40 bits per heavy atom. The number of hydrogen-bond acceptors (Lipinski definition) is 3. The number of anilines is 1. The summed E-state index contributed by atoms with van der Waals surface area (Å²) >= 11 is 1.59. The van der Waals surface area contributed by atoms with E-state index in [1.165, 1.54) is 0 Å². The minimum Gasteiger partial charge on any atom is -0.273 e. The van der Waals surface area contributed by atoms with Gasteiger partial charge in [0.1, 0.15) is 5.00 Å². The average molecular weight is 152 g/mol. The van der Waals surface area contributed by atoms with Crippen molar-refractivity contribution in [2.75, 3.05) is 11.9 Å². The lowest BCUT2D eigenvalue weighted by Gasteiger charge is -2.05. The van der Waals surface area contributed by atoms with Crippen LogP contribution in [0.4, 0.5) is 5.00 Å². The average Bonchev–Trinajstić information content (AvgIpc) is 2.34. The van der Waals surface area contributed by atoms with Gasteiger partial charge in [-0.3, -0.25) is 4.90 Å². The highest BCUT2D eigenvalue weighted by Crippen LogP contribution is 2.24. The highest BCUT2D eigenvalue weighted by atomic mass is 32.1. The van der Waals surface area contributed by atoms with E-state index in [1.807, 2.05) is 18.4 Å². The predicted molar refractivity (Wildman–Crippen MR) is 43.1 cm³/mol. The Kier molecular flexibility index (Phi) is 1.93. The van der Waals surface area contributed by atoms with Crippen molar-refractivity contribution in [1.82, 2.24) is 0 Å². The van der Waals surface area contributed by atoms with Crippen molar-refractivity contribution in [2.24, 2.45) is 0 Å². The minimum atomic E-state index is 1.03. The van der Waals surface area contributed by atoms with Gasteiger partial charge < -0.3 is 0 Å². The van der Waals surface area contributed by atoms with Crippen molar-refractivity contribution in [3.8, 4) is 6.19 Å². The molecule has 0 unspecified atom stereocenters. The normalized spacial score (nSPS) is 8.90. The second-order valence-electron chi connectivity index (χ2n) is 2.07. The zero-order valence-electron chi connectivity index (χ0n) is 5.96. The Balaban J connectivity index is 2.96. The molecule has 1 aromatic rings. The molecule has 0 aromatic carbocycles. The van der Waals surface area contributed by atoms with Gasteiger partial charge in [0.05, 0.1) is 0 Å². The molecule has 0 saturated heterocycles. The van der Waals surface area contributed by atoms with Gasteiger partial charge in [-0.2, -0.15) is 5.26 Å². The first-order valence-corrected chi connectivity index (χ1v) is 3.81. The third-order valence-corrected chi connectivity index (χ3v) is 2.38. The molecule has 0 aliphatic heterocycles. The molecule has 1 aromatic heterocycles. The van der Waals surface area contributed by atoms with E-state index in [-0.39, 0.29) is 0 Å². The second kappa shape index (κ2) is 2.72. The lowest BCUT2D eigenvalue weighted by molar-refractivity contribution is 1.21. The molecule has 0 fully saturated rings. The molecule has 2 nitrogen and oxygen atoms in total. The Labute approximate surface area is 64.3 Å². The van der Waals surface area contributed by atoms with E-state index in [9.17, 15) is 0 Å². The van der Waals surface area contributed by atoms with Gasteiger partial charge in [-0.25, -0.2) is 0 Å². The summed E-state index contributed by atoms with van der Waals surface area (Å²) in [5.41, 5.74) is 1.16. The van der Waals surface area contributed by atoms with Crippen LogP contribution in [0.2, 0.25) is 0 Å². The topological polar surface area (TPSA) is 27.0 Å². The highest BCUT2D eigenvalue weighted by molar-refractivity contribution is 7.14. The van der Waals surface area contributed by atoms with Crippen molar-refractivity contribution >= 4 is 16.3 Å². The van der Waals surface area contributed by atoms with Crippen LogP contribution in [0.1, 0.15) is 5.56 Å². The summed E-state index contributed by atoms with van der Waals surface area (Å²) in [7, 11) is 1.76. The predicted octanol–water partition coefficient (Wildman–Crippen LogP) is 1.97. The van der Waals surface area contributed by atoms with E-state index in [0.717, 1.165) is 10.6 Å². The van der Waals surface area contributed by atoms with Gasteiger partial charge in [-0.05, 0) is 23.9 Å². The minimum absolute atomic E-state index is 1.03. The van der Waals surface area contributed by atoms with Gasteiger partial charge in [0.25, 0.3) is 0 Å². The zero-order valence-corrected chi connectivity index (χ0v) is 6.77. The Morgan fingerprint density at radius 1 is 1.70 bits per heavy atom. The smallest absolute Gasteiger partial charge is 0.184 e. The van der Waals surface area contributed by atoms with Gasteiger partial charge in [-0.15, -0.1) is 11.3 Å². The maximum atomic E-state index is 8.51. The van der Waals surface area contributed by atoms with Gasteiger partial charge in [-0.1, -0.05) is 0 Å². The molecule has 0 saturated carbocycles. The number of aryl methyl sites for hydroxylation is 1. The number of nitrogens with zero attached hydrogens (tertiary/aromatic N) is 2. The number of hydrogen-bond donors (Lipinski definition) is 0. The zero-order chi connectivity index (χ0) is 7.56. The maximum absolute atomic E-state index is 8.51. The third kappa shape index (κ3) is 1.12. The SMILES string of the molecule is Cc1ccsc1N(C)C#N. The van der Waals surface area contributed by atoms with E-state index < -0.39 is 0 Å². The molecular formula is C7H8N2S. The largest absolute Gasteiger partial charge is 0.273 e. The quantitative estimate of drug-likeness (QED) is 0.454. The van der Waals surface area contributed by atoms with Crippen LogP contribution in [0.5, 0.6) is 0 Å². The van der Waals surface area contributed by atoms with Crippen LogP contribution >= 0.6 is 11.3 Å². The van der Waals surface area contributed by atoms with Gasteiger partial charge in [0, 0.05) is 7.05 Å². The van der Waals surface area contributed by atoms with Crippen molar-refractivity contribution in [3.05, 3.63) is 17.0 Å². The molecule has 0 radical (unpaired) electrons. The van der Waals surface area contributed by atoms with E-state index in [2.05, 4.69) is 6.19 Å². The van der Waals surface area contributed by atoms with Crippen LogP contribution in [0.25, 0.3) is 0 Å². The fourth-order valence-electron chi connectivity index (χ4n) is 0.754. The van der Waals surface area contributed by atoms with Crippen molar-refractivity contribution in [3.63, 3.8) is 0 Å². The standard InChI is InChI=1S/C7H8N2S/c1-6-3-4-10-7(6)9(2)5-8/h3-4H,1-2H3. The van der Waals surface area contributed by atoms with E-state index in [0.29, 0.717) is 0 Å². The number of nitriles is 1. The molecule has 52 valence electrons. The Bertz CT molecular complexity index is 259. The molecule has 0 N–H and O–H groups in total. The van der Waals surface area contributed by atoms with Gasteiger partial charge >= 0.3 is 0 Å². The molecule has 10 heavy (non-hydrogen) atoms. The van der Waals surface area contributed by atoms with Crippen molar-refractivity contribution in [2.45, 2.75) is 6.92 Å². The molecule has 1 rings (SSSR count). The lowest BCUT2D eigenvalue weighted by Crippen LogP contribution is -2.06. The molecule has 1 heterocycles. The lowest BCUT2D eigenvalue weighted by atomic mass is 10.3. The Morgan fingerprint density at radius 3 is 2.80 bits per heavy atom. The second-order valence-corrected chi connectivity index (χ2v) is 2.96. The summed E-state index contributed by atoms with van der Waals surface area (Å²) < 4.78 is 0. The summed E-state index contributed by atoms with van der Waals surface area (Å²) in [6, 6.07) is 2.01. The first kappa shape index (κ1) is 7.10. The molecule has 0 aliphatic carbocycles. The number of rotatable bonds is 1. The molecular weight excluding hydrogens is 144 g/mol. The summed E-state index contributed by atoms with van der Waals surface area (Å²) in [4.78, 5) is 1.57. The molecule has 0 amide bonds. The molecule has 0 spiro atoms. The van der Waals surface area contributed by atoms with Crippen molar-refractivity contribution in [1.29, 1.82) is 5.26 Å². The van der Waals surface area contributed by atoms with Crippen LogP contribution < -0.4 is 4.90 Å². The molecule has 3 heteroatoms. The van der Waals surface area contributed by atoms with E-state index in [1.54, 1.807) is 23.3 Å². The van der Waals surface area contributed by atoms with Crippen LogP contribution in [0.15, 0.2) is 11.4 Å². The van der Waals surface area contributed by atoms with Crippen LogP contribution in [0.3, 0.4) is 0 Å². The van der Waals surface area contributed by atoms with Gasteiger partial charge in [0.15, 0.2) is 6.19 Å². The highest BCUT2D eigenvalue weighted by Gasteiger charge is 2.02. The summed E-state index contributed by atoms with van der Waals surface area (Å²) in [6.45, 7) is 2.00. The molecule has 0 atom stereocenters. The van der Waals surface area contributed by atoms with Gasteiger partial charge in [0.2, 0.25) is 0 Å². The summed E-state index contributed by atoms with van der Waals surface area (Å²) in [5, 5.41) is 11.5. The summed E-state index contributed by atoms with van der Waals surface area (Å²) in [6.07, 6.45) is 2.05. The fourth-order valence-corrected chi connectivity index (χ4v) is 1.61. The monoisotopic (exact) mass is 152 g/mol. The fraction of sp³-hybridized carbons (Fsp3) is 0.286. The van der Waals surface area contributed by atoms with Crippen LogP contribution in [-0.4, -0.2) is 7.05 Å². The van der Waals surface area contributed by atoms with Crippen LogP contribution in [-0.2, 0) is 0 Å². The third-order valence-electron chi connectivity index (χ3n) is 1.29. The molecule has 0 aliphatic rings. The Hall–Kier alpha value is -1.01. The summed E-state index contributed by atoms with van der Waals surface area (Å²) in [5.74, 6) is 0. The molecule has 0 bridgehead atoms. The van der Waals surface area contributed by atoms with E-state index in [4.69, 9.17) is 5.26 Å². The van der Waals surface area contributed by atoms with Crippen molar-refractivity contribution < 1.29 is 0 Å². The van der Waals surface area contributed by atoms with E-state index >= 15 is 0 Å². The first-order valence-electron chi connectivity index (χ1n) is 2.93. The maximum Gasteiger partial charge on any atom is 0.184 e. The first-order chi connectivity index (χ1) is 4.75. The van der Waals surface area contributed by atoms with Crippen LogP contribution in [0, 0.1) is 18.4 Å².